The molecule has 1 aliphatic heterocycles. The molecule has 0 aliphatic carbocycles. The van der Waals surface area contributed by atoms with Crippen molar-refractivity contribution in [2.45, 2.75) is 24.6 Å². The maximum atomic E-state index is 14.0. The predicted molar refractivity (Wildman–Crippen MR) is 104 cm³/mol. The summed E-state index contributed by atoms with van der Waals surface area (Å²) in [6, 6.07) is 0. The summed E-state index contributed by atoms with van der Waals surface area (Å²) in [5.41, 5.74) is 6.28. The van der Waals surface area contributed by atoms with Gasteiger partial charge >= 0.3 is 23.5 Å². The highest BCUT2D eigenvalue weighted by molar-refractivity contribution is 7.45. The van der Waals surface area contributed by atoms with Gasteiger partial charge in [-0.3, -0.25) is 4.57 Å². The fraction of sp³-hybridized carbons (Fsp3) is 0.500. The first kappa shape index (κ1) is 32.5. The molecule has 24 heteroatoms. The number of aromatic nitrogens is 4. The summed E-state index contributed by atoms with van der Waals surface area (Å²) in [6.45, 7) is -0.470. The molecular formula is C10H21FN5O15P3. The predicted octanol–water partition coefficient (Wildman–Crippen LogP) is -3.79. The number of alkyl halides is 1. The van der Waals surface area contributed by atoms with E-state index in [9.17, 15) is 9.50 Å². The third-order valence-corrected chi connectivity index (χ3v) is 3.13. The fourth-order valence-corrected chi connectivity index (χ4v) is 2.13. The third kappa shape index (κ3) is 14.0. The molecule has 3 heterocycles. The van der Waals surface area contributed by atoms with Gasteiger partial charge in [-0.05, 0) is 0 Å². The molecule has 1 unspecified atom stereocenters. The van der Waals surface area contributed by atoms with Gasteiger partial charge in [0, 0.05) is 0 Å². The minimum absolute atomic E-state index is 0.177. The summed E-state index contributed by atoms with van der Waals surface area (Å²) in [6.07, 6.45) is -2.61. The second kappa shape index (κ2) is 13.0. The van der Waals surface area contributed by atoms with E-state index in [0.29, 0.717) is 11.2 Å². The molecule has 4 atom stereocenters. The molecule has 0 spiro atoms. The van der Waals surface area contributed by atoms with Crippen molar-refractivity contribution in [2.75, 3.05) is 12.3 Å². The first-order valence-electron chi connectivity index (χ1n) is 7.99. The van der Waals surface area contributed by atoms with Crippen molar-refractivity contribution in [3.05, 3.63) is 12.7 Å². The Kier molecular flexibility index (Phi) is 12.4. The van der Waals surface area contributed by atoms with Crippen LogP contribution in [0.3, 0.4) is 0 Å². The highest BCUT2D eigenvalue weighted by Gasteiger charge is 2.45. The number of phosphoric acid groups is 3. The standard InChI is InChI=1S/C10H12FN5O3.3H3O4P/c11-5-7(18)4(1-17)19-10(5)16-3-15-6-8(12)13-2-14-9(6)16;3*1-5(2,3)4/h2-5,7,10,17-18H,1H2,(H2,12,13,14);3*(H3,1,2,3,4)/t4-,5?,7-,10-;;;/m1.../s1. The normalized spacial score (nSPS) is 22.6. The molecule has 34 heavy (non-hydrogen) atoms. The number of nitrogens with two attached hydrogens (primary N) is 1. The zero-order chi connectivity index (χ0) is 27.1. The number of nitrogen functional groups attached to an aromatic ring is 1. The third-order valence-electron chi connectivity index (χ3n) is 3.13. The van der Waals surface area contributed by atoms with Gasteiger partial charge in [-0.25, -0.2) is 33.0 Å². The summed E-state index contributed by atoms with van der Waals surface area (Å²) in [4.78, 5) is 76.4. The average molecular weight is 563 g/mol. The molecule has 0 saturated carbocycles. The Morgan fingerprint density at radius 3 is 1.76 bits per heavy atom. The molecule has 1 fully saturated rings. The number of aliphatic hydroxyl groups excluding tert-OH is 2. The monoisotopic (exact) mass is 563 g/mol. The van der Waals surface area contributed by atoms with Gasteiger partial charge in [0.15, 0.2) is 23.9 Å². The SMILES string of the molecule is Nc1ncnc2c1ncn2[C@@H]1O[C@H](CO)[C@@H](O)C1F.O=P(O)(O)O.O=P(O)(O)O.O=P(O)(O)O. The first-order valence-corrected chi connectivity index (χ1v) is 12.7. The first-order chi connectivity index (χ1) is 15.1. The van der Waals surface area contributed by atoms with Crippen molar-refractivity contribution in [3.8, 4) is 0 Å². The van der Waals surface area contributed by atoms with Crippen LogP contribution in [0.5, 0.6) is 0 Å². The fourth-order valence-electron chi connectivity index (χ4n) is 2.13. The van der Waals surface area contributed by atoms with Crippen LogP contribution < -0.4 is 5.73 Å². The van der Waals surface area contributed by atoms with E-state index in [1.54, 1.807) is 0 Å². The van der Waals surface area contributed by atoms with Crippen LogP contribution in [0.2, 0.25) is 0 Å². The van der Waals surface area contributed by atoms with Crippen molar-refractivity contribution in [3.63, 3.8) is 0 Å². The highest BCUT2D eigenvalue weighted by Crippen LogP contribution is 2.33. The summed E-state index contributed by atoms with van der Waals surface area (Å²) in [5.74, 6) is 0.177. The van der Waals surface area contributed by atoms with Crippen molar-refractivity contribution < 1.29 is 77.1 Å². The van der Waals surface area contributed by atoms with Crippen LogP contribution in [0.15, 0.2) is 12.7 Å². The van der Waals surface area contributed by atoms with Crippen molar-refractivity contribution in [1.29, 1.82) is 0 Å². The summed E-state index contributed by atoms with van der Waals surface area (Å²) >= 11 is 0. The Bertz CT molecular complexity index is 982. The number of hydrogen-bond acceptors (Lipinski definition) is 10. The van der Waals surface area contributed by atoms with Gasteiger partial charge in [0.1, 0.15) is 24.1 Å². The Morgan fingerprint density at radius 1 is 0.941 bits per heavy atom. The molecule has 13 N–H and O–H groups in total. The number of hydrogen-bond donors (Lipinski definition) is 12. The van der Waals surface area contributed by atoms with E-state index in [1.807, 2.05) is 0 Å². The van der Waals surface area contributed by atoms with E-state index >= 15 is 0 Å². The van der Waals surface area contributed by atoms with E-state index in [0.717, 1.165) is 0 Å². The Labute approximate surface area is 187 Å². The summed E-state index contributed by atoms with van der Waals surface area (Å²) in [5, 5.41) is 18.6. The van der Waals surface area contributed by atoms with Crippen molar-refractivity contribution in [1.82, 2.24) is 19.5 Å². The maximum absolute atomic E-state index is 14.0. The minimum Gasteiger partial charge on any atom is -0.394 e. The van der Waals surface area contributed by atoms with E-state index in [-0.39, 0.29) is 5.82 Å². The molecular weight excluding hydrogens is 542 g/mol. The van der Waals surface area contributed by atoms with E-state index in [1.165, 1.54) is 17.2 Å². The van der Waals surface area contributed by atoms with E-state index in [4.69, 9.17) is 73.3 Å². The second-order valence-corrected chi connectivity index (χ2v) is 8.89. The average Bonchev–Trinajstić information content (AvgIpc) is 3.13. The smallest absolute Gasteiger partial charge is 0.394 e. The minimum atomic E-state index is -4.64. The molecule has 0 bridgehead atoms. The molecule has 20 nitrogen and oxygen atoms in total. The van der Waals surface area contributed by atoms with Gasteiger partial charge in [0.2, 0.25) is 0 Å². The lowest BCUT2D eigenvalue weighted by Crippen LogP contribution is -2.30. The quantitative estimate of drug-likeness (QED) is 0.156. The van der Waals surface area contributed by atoms with Gasteiger partial charge in [0.25, 0.3) is 0 Å². The molecule has 0 amide bonds. The molecule has 0 radical (unpaired) electrons. The van der Waals surface area contributed by atoms with Gasteiger partial charge in [-0.2, -0.15) is 0 Å². The topological polar surface area (TPSA) is 353 Å². The Hall–Kier alpha value is -1.51. The van der Waals surface area contributed by atoms with E-state index in [2.05, 4.69) is 15.0 Å². The van der Waals surface area contributed by atoms with Crippen LogP contribution >= 0.6 is 23.5 Å². The summed E-state index contributed by atoms with van der Waals surface area (Å²) in [7, 11) is -13.9. The lowest BCUT2D eigenvalue weighted by Gasteiger charge is -2.14. The van der Waals surface area contributed by atoms with Crippen LogP contribution in [0.1, 0.15) is 6.23 Å². The van der Waals surface area contributed by atoms with E-state index < -0.39 is 54.7 Å². The zero-order valence-corrected chi connectivity index (χ0v) is 19.0. The van der Waals surface area contributed by atoms with Crippen LogP contribution in [-0.4, -0.2) is 98.8 Å². The highest BCUT2D eigenvalue weighted by atomic mass is 31.2. The zero-order valence-electron chi connectivity index (χ0n) is 16.3. The molecule has 2 aromatic heterocycles. The van der Waals surface area contributed by atoms with Crippen molar-refractivity contribution in [2.24, 2.45) is 0 Å². The molecule has 3 rings (SSSR count). The molecule has 0 aromatic carbocycles. The van der Waals surface area contributed by atoms with Gasteiger partial charge in [-0.15, -0.1) is 0 Å². The maximum Gasteiger partial charge on any atom is 0.466 e. The second-order valence-electron chi connectivity index (χ2n) is 5.81. The number of imidazole rings is 1. The number of fused-ring (bicyclic) bond motifs is 1. The van der Waals surface area contributed by atoms with Gasteiger partial charge in [0.05, 0.1) is 12.9 Å². The lowest BCUT2D eigenvalue weighted by molar-refractivity contribution is -0.0459. The van der Waals surface area contributed by atoms with Crippen LogP contribution in [-0.2, 0) is 18.4 Å². The number of anilines is 1. The molecule has 1 aliphatic rings. The lowest BCUT2D eigenvalue weighted by atomic mass is 10.1. The van der Waals surface area contributed by atoms with Gasteiger partial charge < -0.3 is 64.7 Å². The number of ether oxygens (including phenoxy) is 1. The van der Waals surface area contributed by atoms with Crippen molar-refractivity contribution >= 4 is 40.4 Å². The Balaban J connectivity index is 0.000000599. The van der Waals surface area contributed by atoms with Crippen LogP contribution in [0.4, 0.5) is 10.2 Å². The Morgan fingerprint density at radius 2 is 1.38 bits per heavy atom. The molecule has 1 saturated heterocycles. The number of aliphatic hydroxyl groups is 2. The van der Waals surface area contributed by atoms with Gasteiger partial charge in [-0.1, -0.05) is 0 Å². The number of halogens is 1. The number of rotatable bonds is 2. The molecule has 2 aromatic rings. The summed E-state index contributed by atoms with van der Waals surface area (Å²) < 4.78 is 47.3. The van der Waals surface area contributed by atoms with Crippen LogP contribution in [0, 0.1) is 0 Å². The largest absolute Gasteiger partial charge is 0.466 e. The van der Waals surface area contributed by atoms with Crippen LogP contribution in [0.25, 0.3) is 11.2 Å². The number of nitrogens with zero attached hydrogens (tertiary/aromatic N) is 4. The molecule has 198 valence electrons.